The number of piperidine rings is 1. The lowest BCUT2D eigenvalue weighted by Gasteiger charge is -2.50. The number of anilines is 1. The Kier molecular flexibility index (Phi) is 7.44. The lowest BCUT2D eigenvalue weighted by Crippen LogP contribution is -2.54. The Morgan fingerprint density at radius 1 is 1.00 bits per heavy atom. The van der Waals surface area contributed by atoms with E-state index in [0.29, 0.717) is 23.3 Å². The molecule has 3 aliphatic rings. The van der Waals surface area contributed by atoms with Crippen molar-refractivity contribution in [3.05, 3.63) is 83.7 Å². The third-order valence-electron chi connectivity index (χ3n) is 9.95. The number of halogens is 1. The van der Waals surface area contributed by atoms with Crippen molar-refractivity contribution in [3.63, 3.8) is 0 Å². The first kappa shape index (κ1) is 26.1. The molecular weight excluding hydrogens is 485 g/mol. The standard InChI is InChI=1S/C33H40FN5/c1-25-36-15-18-38(25)24-33(28-5-2-3-6-28,30-7-4-8-31(34)19-30)29-13-16-37(17-14-29)21-27-22-39(23-27)32-11-9-26(20-35)10-12-32/h4,7-12,15,18-19,27-29H,2-3,5-6,13-14,16-17,21-24H2,1H3. The molecule has 5 nitrogen and oxygen atoms in total. The van der Waals surface area contributed by atoms with Crippen molar-refractivity contribution in [2.75, 3.05) is 37.6 Å². The van der Waals surface area contributed by atoms with Crippen molar-refractivity contribution in [2.45, 2.75) is 57.4 Å². The number of hydrogen-bond donors (Lipinski definition) is 0. The molecule has 3 aromatic rings. The molecular formula is C33H40FN5. The highest BCUT2D eigenvalue weighted by Gasteiger charge is 2.49. The van der Waals surface area contributed by atoms with Crippen LogP contribution in [0.1, 0.15) is 55.5 Å². The fourth-order valence-electron chi connectivity index (χ4n) is 7.86. The maximum absolute atomic E-state index is 14.7. The first-order chi connectivity index (χ1) is 19.0. The molecule has 0 amide bonds. The van der Waals surface area contributed by atoms with Gasteiger partial charge in [0.05, 0.1) is 11.6 Å². The third kappa shape index (κ3) is 5.22. The molecule has 0 spiro atoms. The summed E-state index contributed by atoms with van der Waals surface area (Å²) >= 11 is 0. The van der Waals surface area contributed by atoms with Crippen molar-refractivity contribution in [3.8, 4) is 6.07 Å². The van der Waals surface area contributed by atoms with Crippen LogP contribution in [0.15, 0.2) is 60.9 Å². The van der Waals surface area contributed by atoms with Crippen LogP contribution < -0.4 is 4.90 Å². The monoisotopic (exact) mass is 525 g/mol. The molecule has 0 N–H and O–H groups in total. The maximum Gasteiger partial charge on any atom is 0.123 e. The summed E-state index contributed by atoms with van der Waals surface area (Å²) in [4.78, 5) is 9.63. The molecule has 2 aliphatic heterocycles. The molecule has 3 heterocycles. The van der Waals surface area contributed by atoms with Crippen LogP contribution in [0.5, 0.6) is 0 Å². The zero-order valence-corrected chi connectivity index (χ0v) is 23.1. The van der Waals surface area contributed by atoms with Gasteiger partial charge in [0.1, 0.15) is 11.6 Å². The van der Waals surface area contributed by atoms with Crippen molar-refractivity contribution in [2.24, 2.45) is 17.8 Å². The van der Waals surface area contributed by atoms with Crippen LogP contribution in [-0.2, 0) is 12.0 Å². The predicted octanol–water partition coefficient (Wildman–Crippen LogP) is 6.18. The molecule has 1 saturated carbocycles. The minimum absolute atomic E-state index is 0.0704. The molecule has 6 heteroatoms. The summed E-state index contributed by atoms with van der Waals surface area (Å²) in [5.74, 6) is 2.71. The highest BCUT2D eigenvalue weighted by molar-refractivity contribution is 5.51. The van der Waals surface area contributed by atoms with Crippen molar-refractivity contribution in [1.82, 2.24) is 14.5 Å². The van der Waals surface area contributed by atoms with Gasteiger partial charge >= 0.3 is 0 Å². The molecule has 3 fully saturated rings. The Bertz CT molecular complexity index is 1290. The molecule has 1 aliphatic carbocycles. The number of imidazole rings is 1. The molecule has 39 heavy (non-hydrogen) atoms. The molecule has 2 saturated heterocycles. The van der Waals surface area contributed by atoms with Gasteiger partial charge in [-0.05, 0) is 99.5 Å². The van der Waals surface area contributed by atoms with Gasteiger partial charge in [0.25, 0.3) is 0 Å². The molecule has 1 aromatic heterocycles. The van der Waals surface area contributed by atoms with Gasteiger partial charge in [-0.25, -0.2) is 9.37 Å². The summed E-state index contributed by atoms with van der Waals surface area (Å²) in [5, 5.41) is 9.06. The Morgan fingerprint density at radius 3 is 2.36 bits per heavy atom. The van der Waals surface area contributed by atoms with Crippen LogP contribution in [0.25, 0.3) is 0 Å². The van der Waals surface area contributed by atoms with E-state index in [0.717, 1.165) is 57.9 Å². The van der Waals surface area contributed by atoms with E-state index in [2.05, 4.69) is 56.7 Å². The number of benzene rings is 2. The van der Waals surface area contributed by atoms with Gasteiger partial charge in [-0.3, -0.25) is 0 Å². The molecule has 1 atom stereocenters. The van der Waals surface area contributed by atoms with Crippen LogP contribution >= 0.6 is 0 Å². The third-order valence-corrected chi connectivity index (χ3v) is 9.95. The van der Waals surface area contributed by atoms with Crippen molar-refractivity contribution < 1.29 is 4.39 Å². The zero-order valence-electron chi connectivity index (χ0n) is 23.1. The lowest BCUT2D eigenvalue weighted by atomic mass is 9.59. The van der Waals surface area contributed by atoms with E-state index in [1.165, 1.54) is 36.9 Å². The summed E-state index contributed by atoms with van der Waals surface area (Å²) in [6, 6.07) is 17.7. The van der Waals surface area contributed by atoms with Crippen LogP contribution in [-0.4, -0.2) is 47.2 Å². The number of nitriles is 1. The first-order valence-electron chi connectivity index (χ1n) is 14.8. The van der Waals surface area contributed by atoms with Crippen molar-refractivity contribution in [1.29, 1.82) is 5.26 Å². The van der Waals surface area contributed by atoms with E-state index < -0.39 is 0 Å². The van der Waals surface area contributed by atoms with E-state index in [-0.39, 0.29) is 11.2 Å². The SMILES string of the molecule is Cc1nccn1CC(c1cccc(F)c1)(C1CCCC1)C1CCN(CC2CN(c3ccc(C#N)cc3)C2)CC1. The maximum atomic E-state index is 14.7. The molecule has 0 bridgehead atoms. The second-order valence-corrected chi connectivity index (χ2v) is 12.1. The van der Waals surface area contributed by atoms with Crippen LogP contribution in [0, 0.1) is 41.8 Å². The largest absolute Gasteiger partial charge is 0.371 e. The Hall–Kier alpha value is -3.17. The quantitative estimate of drug-likeness (QED) is 0.352. The van der Waals surface area contributed by atoms with Gasteiger partial charge in [-0.15, -0.1) is 0 Å². The van der Waals surface area contributed by atoms with Gasteiger partial charge in [-0.2, -0.15) is 5.26 Å². The predicted molar refractivity (Wildman–Crippen MR) is 153 cm³/mol. The normalized spacial score (nSPS) is 21.0. The summed E-state index contributed by atoms with van der Waals surface area (Å²) in [5.41, 5.74) is 3.06. The minimum Gasteiger partial charge on any atom is -0.371 e. The summed E-state index contributed by atoms with van der Waals surface area (Å²) in [6.07, 6.45) is 11.4. The summed E-state index contributed by atoms with van der Waals surface area (Å²) in [7, 11) is 0. The average molecular weight is 526 g/mol. The summed E-state index contributed by atoms with van der Waals surface area (Å²) < 4.78 is 17.0. The van der Waals surface area contributed by atoms with Gasteiger partial charge in [0.15, 0.2) is 0 Å². The van der Waals surface area contributed by atoms with Gasteiger partial charge in [0.2, 0.25) is 0 Å². The second-order valence-electron chi connectivity index (χ2n) is 12.1. The molecule has 2 aromatic carbocycles. The fourth-order valence-corrected chi connectivity index (χ4v) is 7.86. The molecule has 6 rings (SSSR count). The number of aryl methyl sites for hydroxylation is 1. The smallest absolute Gasteiger partial charge is 0.123 e. The Balaban J connectivity index is 1.16. The van der Waals surface area contributed by atoms with E-state index in [9.17, 15) is 4.39 Å². The first-order valence-corrected chi connectivity index (χ1v) is 14.8. The Labute approximate surface area is 232 Å². The van der Waals surface area contributed by atoms with E-state index in [1.54, 1.807) is 6.07 Å². The van der Waals surface area contributed by atoms with Gasteiger partial charge in [-0.1, -0.05) is 25.0 Å². The highest BCUT2D eigenvalue weighted by Crippen LogP contribution is 2.51. The number of likely N-dealkylation sites (tertiary alicyclic amines) is 1. The number of hydrogen-bond acceptors (Lipinski definition) is 4. The Morgan fingerprint density at radius 2 is 1.72 bits per heavy atom. The zero-order chi connectivity index (χ0) is 26.8. The fraction of sp³-hybridized carbons (Fsp3) is 0.515. The van der Waals surface area contributed by atoms with Crippen LogP contribution in [0.4, 0.5) is 10.1 Å². The number of rotatable bonds is 8. The second kappa shape index (κ2) is 11.1. The number of nitrogens with zero attached hydrogens (tertiary/aromatic N) is 5. The van der Waals surface area contributed by atoms with Crippen LogP contribution in [0.3, 0.4) is 0 Å². The number of aromatic nitrogens is 2. The summed E-state index contributed by atoms with van der Waals surface area (Å²) in [6.45, 7) is 8.53. The topological polar surface area (TPSA) is 48.1 Å². The molecule has 0 radical (unpaired) electrons. The van der Waals surface area contributed by atoms with Gasteiger partial charge in [0, 0.05) is 55.6 Å². The van der Waals surface area contributed by atoms with E-state index in [1.807, 2.05) is 30.5 Å². The van der Waals surface area contributed by atoms with Crippen molar-refractivity contribution >= 4 is 5.69 Å². The molecule has 204 valence electrons. The van der Waals surface area contributed by atoms with E-state index >= 15 is 0 Å². The lowest BCUT2D eigenvalue weighted by molar-refractivity contribution is 0.0640. The molecule has 1 unspecified atom stereocenters. The van der Waals surface area contributed by atoms with Gasteiger partial charge < -0.3 is 14.4 Å². The van der Waals surface area contributed by atoms with Crippen LogP contribution in [0.2, 0.25) is 0 Å². The highest BCUT2D eigenvalue weighted by atomic mass is 19.1. The van der Waals surface area contributed by atoms with E-state index in [4.69, 9.17) is 5.26 Å². The minimum atomic E-state index is -0.119. The average Bonchev–Trinajstić information content (AvgIpc) is 3.62.